The largest absolute Gasteiger partial charge is 0.244 e. The first-order valence-corrected chi connectivity index (χ1v) is 8.48. The van der Waals surface area contributed by atoms with Gasteiger partial charge in [0, 0.05) is 18.1 Å². The number of hydrogen-bond donors (Lipinski definition) is 0. The van der Waals surface area contributed by atoms with Crippen LogP contribution in [0.2, 0.25) is 10.0 Å². The van der Waals surface area contributed by atoms with Gasteiger partial charge in [-0.1, -0.05) is 30.1 Å². The predicted octanol–water partition coefficient (Wildman–Crippen LogP) is 3.72. The Morgan fingerprint density at radius 1 is 1.32 bits per heavy atom. The molecule has 1 aromatic rings. The SMILES string of the molecule is Cc1c(Cl)ccc(S(=O)(=O)N2CCC[C@H](C)C2)c1Cl. The van der Waals surface area contributed by atoms with Gasteiger partial charge in [-0.3, -0.25) is 0 Å². The summed E-state index contributed by atoms with van der Waals surface area (Å²) in [5.74, 6) is 0.385. The van der Waals surface area contributed by atoms with Crippen LogP contribution in [0.15, 0.2) is 17.0 Å². The second-order valence-corrected chi connectivity index (χ2v) is 7.79. The summed E-state index contributed by atoms with van der Waals surface area (Å²) in [4.78, 5) is 0.158. The summed E-state index contributed by atoms with van der Waals surface area (Å²) in [6.07, 6.45) is 1.96. The van der Waals surface area contributed by atoms with Crippen molar-refractivity contribution in [1.29, 1.82) is 0 Å². The fraction of sp³-hybridized carbons (Fsp3) is 0.538. The zero-order valence-electron chi connectivity index (χ0n) is 11.0. The van der Waals surface area contributed by atoms with E-state index in [9.17, 15) is 8.42 Å². The first-order valence-electron chi connectivity index (χ1n) is 6.28. The van der Waals surface area contributed by atoms with E-state index >= 15 is 0 Å². The van der Waals surface area contributed by atoms with Crippen LogP contribution in [0.1, 0.15) is 25.3 Å². The van der Waals surface area contributed by atoms with Gasteiger partial charge in [-0.05, 0) is 43.4 Å². The summed E-state index contributed by atoms with van der Waals surface area (Å²) in [5.41, 5.74) is 0.606. The van der Waals surface area contributed by atoms with Gasteiger partial charge < -0.3 is 0 Å². The summed E-state index contributed by atoms with van der Waals surface area (Å²) in [6, 6.07) is 3.08. The van der Waals surface area contributed by atoms with E-state index in [2.05, 4.69) is 6.92 Å². The van der Waals surface area contributed by atoms with Gasteiger partial charge in [0.25, 0.3) is 0 Å². The van der Waals surface area contributed by atoms with Crippen LogP contribution < -0.4 is 0 Å². The number of hydrogen-bond acceptors (Lipinski definition) is 2. The van der Waals surface area contributed by atoms with Crippen LogP contribution in [0.25, 0.3) is 0 Å². The molecule has 3 nitrogen and oxygen atoms in total. The van der Waals surface area contributed by atoms with E-state index in [1.54, 1.807) is 13.0 Å². The van der Waals surface area contributed by atoms with Crippen molar-refractivity contribution in [3.8, 4) is 0 Å². The van der Waals surface area contributed by atoms with Crippen LogP contribution in [0.4, 0.5) is 0 Å². The maximum Gasteiger partial charge on any atom is 0.244 e. The lowest BCUT2D eigenvalue weighted by Crippen LogP contribution is -2.39. The second-order valence-electron chi connectivity index (χ2n) is 5.09. The van der Waals surface area contributed by atoms with E-state index in [-0.39, 0.29) is 9.92 Å². The highest BCUT2D eigenvalue weighted by molar-refractivity contribution is 7.89. The van der Waals surface area contributed by atoms with E-state index in [1.165, 1.54) is 10.4 Å². The molecule has 0 spiro atoms. The Morgan fingerprint density at radius 3 is 2.63 bits per heavy atom. The number of benzene rings is 1. The number of sulfonamides is 1. The van der Waals surface area contributed by atoms with E-state index in [0.717, 1.165) is 12.8 Å². The lowest BCUT2D eigenvalue weighted by atomic mass is 10.0. The van der Waals surface area contributed by atoms with Crippen LogP contribution in [0, 0.1) is 12.8 Å². The zero-order valence-corrected chi connectivity index (χ0v) is 13.3. The molecule has 0 aliphatic carbocycles. The third-order valence-corrected chi connectivity index (χ3v) is 6.44. The molecule has 0 radical (unpaired) electrons. The third kappa shape index (κ3) is 2.92. The Hall–Kier alpha value is -0.290. The molecule has 0 bridgehead atoms. The first kappa shape index (κ1) is 15.1. The van der Waals surface area contributed by atoms with Crippen molar-refractivity contribution in [1.82, 2.24) is 4.31 Å². The van der Waals surface area contributed by atoms with Gasteiger partial charge in [0.05, 0.1) is 5.02 Å². The number of rotatable bonds is 2. The van der Waals surface area contributed by atoms with E-state index in [1.807, 2.05) is 0 Å². The van der Waals surface area contributed by atoms with Gasteiger partial charge in [-0.25, -0.2) is 8.42 Å². The molecular weight excluding hydrogens is 305 g/mol. The highest BCUT2D eigenvalue weighted by Crippen LogP contribution is 2.33. The molecular formula is C13H17Cl2NO2S. The molecule has 0 aromatic heterocycles. The monoisotopic (exact) mass is 321 g/mol. The molecule has 0 amide bonds. The predicted molar refractivity (Wildman–Crippen MR) is 78.4 cm³/mol. The van der Waals surface area contributed by atoms with Gasteiger partial charge in [0.2, 0.25) is 10.0 Å². The number of nitrogens with zero attached hydrogens (tertiary/aromatic N) is 1. The Kier molecular flexibility index (Phi) is 4.45. The van der Waals surface area contributed by atoms with Crippen LogP contribution in [-0.2, 0) is 10.0 Å². The van der Waals surface area contributed by atoms with Gasteiger partial charge in [-0.2, -0.15) is 4.31 Å². The molecule has 2 rings (SSSR count). The topological polar surface area (TPSA) is 37.4 Å². The van der Waals surface area contributed by atoms with Crippen molar-refractivity contribution in [3.05, 3.63) is 27.7 Å². The number of piperidine rings is 1. The highest BCUT2D eigenvalue weighted by Gasteiger charge is 2.30. The average molecular weight is 322 g/mol. The molecule has 19 heavy (non-hydrogen) atoms. The molecule has 1 aliphatic heterocycles. The molecule has 6 heteroatoms. The lowest BCUT2D eigenvalue weighted by molar-refractivity contribution is 0.281. The molecule has 1 fully saturated rings. The highest BCUT2D eigenvalue weighted by atomic mass is 35.5. The van der Waals surface area contributed by atoms with Crippen LogP contribution in [-0.4, -0.2) is 25.8 Å². The minimum absolute atomic E-state index is 0.158. The van der Waals surface area contributed by atoms with Crippen molar-refractivity contribution in [3.63, 3.8) is 0 Å². The lowest BCUT2D eigenvalue weighted by Gasteiger charge is -2.30. The summed E-state index contributed by atoms with van der Waals surface area (Å²) < 4.78 is 26.8. The minimum atomic E-state index is -3.52. The van der Waals surface area contributed by atoms with Crippen molar-refractivity contribution < 1.29 is 8.42 Å². The van der Waals surface area contributed by atoms with Gasteiger partial charge in [0.15, 0.2) is 0 Å². The van der Waals surface area contributed by atoms with E-state index in [0.29, 0.717) is 29.6 Å². The average Bonchev–Trinajstić information content (AvgIpc) is 2.36. The smallest absolute Gasteiger partial charge is 0.207 e. The molecule has 106 valence electrons. The molecule has 1 aliphatic rings. The molecule has 1 heterocycles. The van der Waals surface area contributed by atoms with Gasteiger partial charge >= 0.3 is 0 Å². The molecule has 0 unspecified atom stereocenters. The quantitative estimate of drug-likeness (QED) is 0.832. The number of halogens is 2. The molecule has 0 saturated carbocycles. The van der Waals surface area contributed by atoms with Crippen LogP contribution in [0.5, 0.6) is 0 Å². The first-order chi connectivity index (χ1) is 8.84. The Balaban J connectivity index is 2.42. The van der Waals surface area contributed by atoms with Crippen molar-refractivity contribution in [2.75, 3.05) is 13.1 Å². The fourth-order valence-corrected chi connectivity index (χ4v) is 4.72. The molecule has 0 N–H and O–H groups in total. The van der Waals surface area contributed by atoms with Gasteiger partial charge in [-0.15, -0.1) is 0 Å². The zero-order chi connectivity index (χ0) is 14.2. The maximum atomic E-state index is 12.6. The standard InChI is InChI=1S/C13H17Cl2NO2S/c1-9-4-3-7-16(8-9)19(17,18)12-6-5-11(14)10(2)13(12)15/h5-6,9H,3-4,7-8H2,1-2H3/t9-/m0/s1. The van der Waals surface area contributed by atoms with Crippen molar-refractivity contribution in [2.45, 2.75) is 31.6 Å². The summed E-state index contributed by atoms with van der Waals surface area (Å²) in [7, 11) is -3.52. The normalized spacial score (nSPS) is 21.6. The van der Waals surface area contributed by atoms with E-state index in [4.69, 9.17) is 23.2 Å². The Labute approximate surface area is 124 Å². The van der Waals surface area contributed by atoms with Crippen molar-refractivity contribution in [2.24, 2.45) is 5.92 Å². The molecule has 1 atom stereocenters. The maximum absolute atomic E-state index is 12.6. The van der Waals surface area contributed by atoms with Crippen LogP contribution in [0.3, 0.4) is 0 Å². The molecule has 1 saturated heterocycles. The van der Waals surface area contributed by atoms with Crippen molar-refractivity contribution >= 4 is 33.2 Å². The second kappa shape index (κ2) is 5.60. The Bertz CT molecular complexity index is 587. The van der Waals surface area contributed by atoms with Crippen LogP contribution >= 0.6 is 23.2 Å². The van der Waals surface area contributed by atoms with E-state index < -0.39 is 10.0 Å². The fourth-order valence-electron chi connectivity index (χ4n) is 2.34. The Morgan fingerprint density at radius 2 is 2.00 bits per heavy atom. The third-order valence-electron chi connectivity index (χ3n) is 3.52. The summed E-state index contributed by atoms with van der Waals surface area (Å²) in [5, 5.41) is 0.710. The minimum Gasteiger partial charge on any atom is -0.207 e. The summed E-state index contributed by atoms with van der Waals surface area (Å²) >= 11 is 12.1. The summed E-state index contributed by atoms with van der Waals surface area (Å²) in [6.45, 7) is 4.91. The van der Waals surface area contributed by atoms with Gasteiger partial charge in [0.1, 0.15) is 4.90 Å². The molecule has 1 aromatic carbocycles.